The molecule has 0 bridgehead atoms. The van der Waals surface area contributed by atoms with Crippen molar-refractivity contribution in [3.05, 3.63) is 63.7 Å². The van der Waals surface area contributed by atoms with Crippen molar-refractivity contribution in [2.75, 3.05) is 13.7 Å². The zero-order valence-electron chi connectivity index (χ0n) is 12.4. The van der Waals surface area contributed by atoms with Gasteiger partial charge in [0.2, 0.25) is 0 Å². The zero-order chi connectivity index (χ0) is 14.8. The normalized spacial score (nSPS) is 14.6. The molecule has 3 heteroatoms. The minimum absolute atomic E-state index is 0.205. The van der Waals surface area contributed by atoms with Crippen LogP contribution < -0.4 is 10.1 Å². The maximum Gasteiger partial charge on any atom is 0.127 e. The van der Waals surface area contributed by atoms with Crippen molar-refractivity contribution in [2.24, 2.45) is 0 Å². The number of rotatable bonds is 4. The molecule has 2 nitrogen and oxygen atoms in total. The first-order valence-electron chi connectivity index (χ1n) is 7.36. The van der Waals surface area contributed by atoms with Crippen molar-refractivity contribution in [3.63, 3.8) is 0 Å². The molecule has 0 radical (unpaired) electrons. The lowest BCUT2D eigenvalue weighted by Crippen LogP contribution is -2.20. The molecule has 0 saturated carbocycles. The number of ether oxygens (including phenoxy) is 1. The summed E-state index contributed by atoms with van der Waals surface area (Å²) in [4.78, 5) is 0. The number of hydrogen-bond donors (Lipinski definition) is 1. The summed E-state index contributed by atoms with van der Waals surface area (Å²) >= 11 is 6.28. The monoisotopic (exact) mass is 301 g/mol. The van der Waals surface area contributed by atoms with Crippen LogP contribution in [0.3, 0.4) is 0 Å². The smallest absolute Gasteiger partial charge is 0.127 e. The molecule has 1 unspecified atom stereocenters. The molecule has 1 heterocycles. The lowest BCUT2D eigenvalue weighted by molar-refractivity contribution is 0.349. The van der Waals surface area contributed by atoms with Gasteiger partial charge in [-0.25, -0.2) is 0 Å². The Morgan fingerprint density at radius 1 is 1.29 bits per heavy atom. The minimum Gasteiger partial charge on any atom is -0.493 e. The van der Waals surface area contributed by atoms with E-state index >= 15 is 0 Å². The zero-order valence-corrected chi connectivity index (χ0v) is 13.2. The fourth-order valence-corrected chi connectivity index (χ4v) is 3.23. The van der Waals surface area contributed by atoms with E-state index in [1.807, 2.05) is 19.2 Å². The van der Waals surface area contributed by atoms with Crippen molar-refractivity contribution in [1.29, 1.82) is 0 Å². The second kappa shape index (κ2) is 6.08. The Bertz CT molecular complexity index is 654. The summed E-state index contributed by atoms with van der Waals surface area (Å²) in [6.07, 6.45) is 1.88. The predicted molar refractivity (Wildman–Crippen MR) is 87.3 cm³/mol. The van der Waals surface area contributed by atoms with E-state index in [-0.39, 0.29) is 6.04 Å². The largest absolute Gasteiger partial charge is 0.493 e. The van der Waals surface area contributed by atoms with Crippen LogP contribution in [-0.4, -0.2) is 13.7 Å². The van der Waals surface area contributed by atoms with Crippen LogP contribution in [0.15, 0.2) is 36.4 Å². The molecule has 21 heavy (non-hydrogen) atoms. The first-order valence-corrected chi connectivity index (χ1v) is 7.73. The highest BCUT2D eigenvalue weighted by molar-refractivity contribution is 6.30. The minimum atomic E-state index is 0.205. The second-order valence-electron chi connectivity index (χ2n) is 5.55. The molecule has 110 valence electrons. The van der Waals surface area contributed by atoms with Crippen molar-refractivity contribution >= 4 is 11.6 Å². The topological polar surface area (TPSA) is 21.3 Å². The molecule has 1 aliphatic heterocycles. The maximum atomic E-state index is 6.28. The van der Waals surface area contributed by atoms with Crippen LogP contribution in [0.25, 0.3) is 0 Å². The van der Waals surface area contributed by atoms with E-state index in [2.05, 4.69) is 36.5 Å². The molecule has 0 spiro atoms. The number of likely N-dealkylation sites (N-methyl/N-ethyl adjacent to an activating group) is 1. The third-order valence-corrected chi connectivity index (χ3v) is 4.40. The van der Waals surface area contributed by atoms with Crippen molar-refractivity contribution in [3.8, 4) is 5.75 Å². The summed E-state index contributed by atoms with van der Waals surface area (Å²) in [6.45, 7) is 2.91. The Balaban J connectivity index is 1.96. The number of benzene rings is 2. The molecule has 3 rings (SSSR count). The molecule has 0 saturated heterocycles. The highest BCUT2D eigenvalue weighted by Gasteiger charge is 2.23. The predicted octanol–water partition coefficient (Wildman–Crippen LogP) is 4.09. The van der Waals surface area contributed by atoms with Crippen LogP contribution >= 0.6 is 11.6 Å². The first kappa shape index (κ1) is 14.4. The highest BCUT2D eigenvalue weighted by atomic mass is 35.5. The molecule has 2 aromatic carbocycles. The van der Waals surface area contributed by atoms with Crippen LogP contribution in [0.2, 0.25) is 5.02 Å². The van der Waals surface area contributed by atoms with E-state index in [9.17, 15) is 0 Å². The van der Waals surface area contributed by atoms with Crippen LogP contribution in [0.5, 0.6) is 5.75 Å². The fourth-order valence-electron chi connectivity index (χ4n) is 2.98. The van der Waals surface area contributed by atoms with E-state index in [1.54, 1.807) is 0 Å². The van der Waals surface area contributed by atoms with Gasteiger partial charge >= 0.3 is 0 Å². The van der Waals surface area contributed by atoms with Gasteiger partial charge in [0.05, 0.1) is 6.61 Å². The van der Waals surface area contributed by atoms with Crippen LogP contribution in [0.4, 0.5) is 0 Å². The van der Waals surface area contributed by atoms with Gasteiger partial charge in [0.25, 0.3) is 0 Å². The van der Waals surface area contributed by atoms with Gasteiger partial charge in [-0.05, 0) is 49.2 Å². The second-order valence-corrected chi connectivity index (χ2v) is 5.99. The van der Waals surface area contributed by atoms with Gasteiger partial charge < -0.3 is 10.1 Å². The number of nitrogens with one attached hydrogen (secondary N) is 1. The number of halogens is 1. The summed E-state index contributed by atoms with van der Waals surface area (Å²) in [5, 5.41) is 4.20. The molecule has 0 aliphatic carbocycles. The highest BCUT2D eigenvalue weighted by Crippen LogP contribution is 2.37. The van der Waals surface area contributed by atoms with E-state index in [4.69, 9.17) is 16.3 Å². The van der Waals surface area contributed by atoms with E-state index in [0.29, 0.717) is 0 Å². The lowest BCUT2D eigenvalue weighted by Gasteiger charge is -2.21. The van der Waals surface area contributed by atoms with Crippen molar-refractivity contribution < 1.29 is 4.74 Å². The fraction of sp³-hybridized carbons (Fsp3) is 0.333. The Hall–Kier alpha value is -1.51. The molecule has 1 atom stereocenters. The summed E-state index contributed by atoms with van der Waals surface area (Å²) in [7, 11) is 1.99. The van der Waals surface area contributed by atoms with Gasteiger partial charge in [0, 0.05) is 23.0 Å². The molecule has 0 fully saturated rings. The third-order valence-electron chi connectivity index (χ3n) is 4.19. The SMILES string of the molecule is CNC(Cc1ccccc1C)c1cc(Cl)cc2c1OCC2. The molecule has 0 aromatic heterocycles. The summed E-state index contributed by atoms with van der Waals surface area (Å²) in [5.41, 5.74) is 5.06. The summed E-state index contributed by atoms with van der Waals surface area (Å²) in [6, 6.07) is 12.8. The van der Waals surface area contributed by atoms with Crippen LogP contribution in [-0.2, 0) is 12.8 Å². The van der Waals surface area contributed by atoms with E-state index in [1.165, 1.54) is 22.3 Å². The Morgan fingerprint density at radius 2 is 2.10 bits per heavy atom. The summed E-state index contributed by atoms with van der Waals surface area (Å²) in [5.74, 6) is 1.02. The Kier molecular flexibility index (Phi) is 4.18. The van der Waals surface area contributed by atoms with Crippen LogP contribution in [0, 0.1) is 6.92 Å². The van der Waals surface area contributed by atoms with Gasteiger partial charge in [-0.1, -0.05) is 35.9 Å². The van der Waals surface area contributed by atoms with Gasteiger partial charge in [-0.15, -0.1) is 0 Å². The summed E-state index contributed by atoms with van der Waals surface area (Å²) < 4.78 is 5.84. The molecular formula is C18H20ClNO. The Morgan fingerprint density at radius 3 is 2.86 bits per heavy atom. The average Bonchev–Trinajstić information content (AvgIpc) is 2.94. The van der Waals surface area contributed by atoms with E-state index in [0.717, 1.165) is 30.2 Å². The van der Waals surface area contributed by atoms with Crippen molar-refractivity contribution in [1.82, 2.24) is 5.32 Å². The number of hydrogen-bond acceptors (Lipinski definition) is 2. The van der Waals surface area contributed by atoms with Gasteiger partial charge in [0.1, 0.15) is 5.75 Å². The Labute approximate surface area is 131 Å². The molecule has 1 aliphatic rings. The van der Waals surface area contributed by atoms with Gasteiger partial charge in [0.15, 0.2) is 0 Å². The number of aryl methyl sites for hydroxylation is 1. The van der Waals surface area contributed by atoms with Crippen molar-refractivity contribution in [2.45, 2.75) is 25.8 Å². The van der Waals surface area contributed by atoms with Gasteiger partial charge in [-0.2, -0.15) is 0 Å². The first-order chi connectivity index (χ1) is 10.2. The molecular weight excluding hydrogens is 282 g/mol. The standard InChI is InChI=1S/C18H20ClNO/c1-12-5-3-4-6-13(12)10-17(20-2)16-11-15(19)9-14-7-8-21-18(14)16/h3-6,9,11,17,20H,7-8,10H2,1-2H3. The van der Waals surface area contributed by atoms with Gasteiger partial charge in [-0.3, -0.25) is 0 Å². The average molecular weight is 302 g/mol. The molecule has 2 aromatic rings. The third kappa shape index (κ3) is 2.92. The lowest BCUT2D eigenvalue weighted by atomic mass is 9.94. The maximum absolute atomic E-state index is 6.28. The van der Waals surface area contributed by atoms with Crippen LogP contribution in [0.1, 0.15) is 28.3 Å². The van der Waals surface area contributed by atoms with E-state index < -0.39 is 0 Å². The quantitative estimate of drug-likeness (QED) is 0.918. The number of fused-ring (bicyclic) bond motifs is 1. The molecule has 0 amide bonds. The molecule has 1 N–H and O–H groups in total.